The molecule has 2 N–H and O–H groups in total. The lowest BCUT2D eigenvalue weighted by Crippen LogP contribution is -2.39. The molecule has 0 bridgehead atoms. The maximum Gasteiger partial charge on any atom is 0.409 e. The van der Waals surface area contributed by atoms with Crippen LogP contribution in [0.2, 0.25) is 25.7 Å². The number of piperidine rings is 1. The van der Waals surface area contributed by atoms with Crippen LogP contribution in [0.15, 0.2) is 18.2 Å². The van der Waals surface area contributed by atoms with E-state index in [4.69, 9.17) is 10.5 Å². The molecule has 1 aliphatic rings. The quantitative estimate of drug-likeness (QED) is 0.662. The number of hydrogen-bond donors (Lipinski definition) is 1. The fourth-order valence-corrected chi connectivity index (χ4v) is 3.74. The van der Waals surface area contributed by atoms with Gasteiger partial charge in [0.15, 0.2) is 0 Å². The Morgan fingerprint density at radius 1 is 1.30 bits per heavy atom. The van der Waals surface area contributed by atoms with Crippen LogP contribution in [-0.2, 0) is 4.74 Å². The summed E-state index contributed by atoms with van der Waals surface area (Å²) in [6.45, 7) is 11.1. The number of amides is 1. The van der Waals surface area contributed by atoms with Gasteiger partial charge in [-0.05, 0) is 48.9 Å². The van der Waals surface area contributed by atoms with Gasteiger partial charge in [0, 0.05) is 26.9 Å². The van der Waals surface area contributed by atoms with Crippen molar-refractivity contribution in [3.63, 3.8) is 0 Å². The van der Waals surface area contributed by atoms with Gasteiger partial charge in [0.2, 0.25) is 0 Å². The van der Waals surface area contributed by atoms with Crippen molar-refractivity contribution in [3.8, 4) is 0 Å². The first-order valence-electron chi connectivity index (χ1n) is 8.54. The lowest BCUT2D eigenvalue weighted by molar-refractivity contribution is 0.0968. The summed E-state index contributed by atoms with van der Waals surface area (Å²) in [5.74, 6) is 0.490. The minimum Gasteiger partial charge on any atom is -0.450 e. The topological polar surface area (TPSA) is 55.6 Å². The Morgan fingerprint density at radius 2 is 1.96 bits per heavy atom. The number of anilines is 1. The third kappa shape index (κ3) is 4.99. The minimum absolute atomic E-state index is 0.147. The second-order valence-electron chi connectivity index (χ2n) is 7.75. The number of nitrogen functional groups attached to an aromatic ring is 1. The Bertz CT molecular complexity index is 546. The number of benzene rings is 1. The van der Waals surface area contributed by atoms with Gasteiger partial charge in [0.25, 0.3) is 0 Å². The SMILES string of the molecule is Cc1c(N)cccc1C1CCN(C(=O)OCC[Si](C)(C)C)CC1. The number of hydrogen-bond acceptors (Lipinski definition) is 3. The summed E-state index contributed by atoms with van der Waals surface area (Å²) < 4.78 is 5.44. The number of rotatable bonds is 4. The summed E-state index contributed by atoms with van der Waals surface area (Å²) in [4.78, 5) is 14.0. The highest BCUT2D eigenvalue weighted by molar-refractivity contribution is 6.76. The Kier molecular flexibility index (Phi) is 5.73. The van der Waals surface area contributed by atoms with Crippen LogP contribution in [0.1, 0.15) is 29.9 Å². The fraction of sp³-hybridized carbons (Fsp3) is 0.611. The molecular formula is C18H30N2O2Si. The van der Waals surface area contributed by atoms with Gasteiger partial charge in [-0.15, -0.1) is 0 Å². The molecule has 4 nitrogen and oxygen atoms in total. The van der Waals surface area contributed by atoms with E-state index in [1.54, 1.807) is 0 Å². The molecule has 1 saturated heterocycles. The van der Waals surface area contributed by atoms with Gasteiger partial charge < -0.3 is 15.4 Å². The summed E-state index contributed by atoms with van der Waals surface area (Å²) in [6.07, 6.45) is 1.81. The highest BCUT2D eigenvalue weighted by Crippen LogP contribution is 2.32. The van der Waals surface area contributed by atoms with Crippen molar-refractivity contribution in [1.82, 2.24) is 4.90 Å². The number of carbonyl (C=O) groups is 1. The molecule has 0 spiro atoms. The Hall–Kier alpha value is -1.49. The number of nitrogens with zero attached hydrogens (tertiary/aromatic N) is 1. The normalized spacial score (nSPS) is 16.4. The molecule has 1 aromatic carbocycles. The van der Waals surface area contributed by atoms with Crippen molar-refractivity contribution >= 4 is 19.9 Å². The van der Waals surface area contributed by atoms with Gasteiger partial charge in [-0.25, -0.2) is 4.79 Å². The van der Waals surface area contributed by atoms with Gasteiger partial charge in [-0.2, -0.15) is 0 Å². The lowest BCUT2D eigenvalue weighted by Gasteiger charge is -2.32. The predicted molar refractivity (Wildman–Crippen MR) is 98.6 cm³/mol. The van der Waals surface area contributed by atoms with Crippen LogP contribution in [0.25, 0.3) is 0 Å². The first kappa shape index (κ1) is 17.9. The van der Waals surface area contributed by atoms with E-state index in [0.717, 1.165) is 37.7 Å². The van der Waals surface area contributed by atoms with Crippen LogP contribution in [-0.4, -0.2) is 38.8 Å². The molecule has 2 rings (SSSR count). The molecule has 0 saturated carbocycles. The highest BCUT2D eigenvalue weighted by Gasteiger charge is 2.26. The Balaban J connectivity index is 1.84. The average molecular weight is 335 g/mol. The van der Waals surface area contributed by atoms with Crippen molar-refractivity contribution in [3.05, 3.63) is 29.3 Å². The number of nitrogens with two attached hydrogens (primary N) is 1. The highest BCUT2D eigenvalue weighted by atomic mass is 28.3. The summed E-state index contributed by atoms with van der Waals surface area (Å²) in [6, 6.07) is 7.16. The van der Waals surface area contributed by atoms with Crippen LogP contribution in [0.5, 0.6) is 0 Å². The molecule has 5 heteroatoms. The zero-order valence-corrected chi connectivity index (χ0v) is 15.9. The van der Waals surface area contributed by atoms with Crippen LogP contribution < -0.4 is 5.73 Å². The number of ether oxygens (including phenoxy) is 1. The molecule has 1 heterocycles. The van der Waals surface area contributed by atoms with E-state index >= 15 is 0 Å². The molecule has 1 fully saturated rings. The second-order valence-corrected chi connectivity index (χ2v) is 13.4. The molecule has 0 atom stereocenters. The summed E-state index contributed by atoms with van der Waals surface area (Å²) >= 11 is 0. The van der Waals surface area contributed by atoms with E-state index in [1.807, 2.05) is 17.0 Å². The van der Waals surface area contributed by atoms with Gasteiger partial charge in [-0.1, -0.05) is 31.8 Å². The maximum atomic E-state index is 12.1. The third-order valence-electron chi connectivity index (χ3n) is 4.69. The van der Waals surface area contributed by atoms with Crippen molar-refractivity contribution in [1.29, 1.82) is 0 Å². The van der Waals surface area contributed by atoms with Crippen LogP contribution in [0.4, 0.5) is 10.5 Å². The zero-order chi connectivity index (χ0) is 17.0. The van der Waals surface area contributed by atoms with Gasteiger partial charge >= 0.3 is 6.09 Å². The van der Waals surface area contributed by atoms with Crippen molar-refractivity contribution in [2.24, 2.45) is 0 Å². The third-order valence-corrected chi connectivity index (χ3v) is 6.39. The molecule has 0 radical (unpaired) electrons. The molecule has 0 aromatic heterocycles. The number of likely N-dealkylation sites (tertiary alicyclic amines) is 1. The standard InChI is InChI=1S/C18H30N2O2Si/c1-14-16(6-5-7-17(14)19)15-8-10-20(11-9-15)18(21)22-12-13-23(2,3)4/h5-7,15H,8-13,19H2,1-4H3. The Labute approximate surface area is 141 Å². The van der Waals surface area contributed by atoms with E-state index in [2.05, 4.69) is 32.6 Å². The average Bonchev–Trinajstić information content (AvgIpc) is 2.49. The molecule has 1 aliphatic heterocycles. The number of carbonyl (C=O) groups excluding carboxylic acids is 1. The molecule has 0 aliphatic carbocycles. The largest absolute Gasteiger partial charge is 0.450 e. The van der Waals surface area contributed by atoms with E-state index in [9.17, 15) is 4.79 Å². The summed E-state index contributed by atoms with van der Waals surface area (Å²) in [5, 5.41) is 0. The second kappa shape index (κ2) is 7.38. The fourth-order valence-electron chi connectivity index (χ4n) is 3.02. The molecule has 1 aromatic rings. The minimum atomic E-state index is -1.15. The Morgan fingerprint density at radius 3 is 2.57 bits per heavy atom. The van der Waals surface area contributed by atoms with E-state index in [0.29, 0.717) is 12.5 Å². The van der Waals surface area contributed by atoms with E-state index in [1.165, 1.54) is 11.1 Å². The first-order chi connectivity index (χ1) is 10.8. The monoisotopic (exact) mass is 334 g/mol. The zero-order valence-electron chi connectivity index (χ0n) is 14.9. The first-order valence-corrected chi connectivity index (χ1v) is 12.3. The van der Waals surface area contributed by atoms with Gasteiger partial charge in [-0.3, -0.25) is 0 Å². The van der Waals surface area contributed by atoms with Gasteiger partial charge in [0.05, 0.1) is 6.61 Å². The van der Waals surface area contributed by atoms with E-state index in [-0.39, 0.29) is 6.09 Å². The smallest absolute Gasteiger partial charge is 0.409 e. The van der Waals surface area contributed by atoms with E-state index < -0.39 is 8.07 Å². The van der Waals surface area contributed by atoms with Crippen molar-refractivity contribution in [2.75, 3.05) is 25.4 Å². The van der Waals surface area contributed by atoms with Crippen molar-refractivity contribution < 1.29 is 9.53 Å². The lowest BCUT2D eigenvalue weighted by atomic mass is 9.86. The molecule has 0 unspecified atom stereocenters. The van der Waals surface area contributed by atoms with Crippen LogP contribution >= 0.6 is 0 Å². The van der Waals surface area contributed by atoms with Crippen LogP contribution in [0.3, 0.4) is 0 Å². The molecule has 128 valence electrons. The summed E-state index contributed by atoms with van der Waals surface area (Å²) in [5.41, 5.74) is 9.38. The summed E-state index contributed by atoms with van der Waals surface area (Å²) in [7, 11) is -1.15. The molecular weight excluding hydrogens is 304 g/mol. The van der Waals surface area contributed by atoms with Gasteiger partial charge in [0.1, 0.15) is 0 Å². The van der Waals surface area contributed by atoms with Crippen molar-refractivity contribution in [2.45, 2.75) is 51.4 Å². The predicted octanol–water partition coefficient (Wildman–Crippen LogP) is 4.23. The van der Waals surface area contributed by atoms with Crippen LogP contribution in [0, 0.1) is 6.92 Å². The maximum absolute atomic E-state index is 12.1. The molecule has 1 amide bonds. The molecule has 23 heavy (non-hydrogen) atoms.